The maximum atomic E-state index is 12.4. The lowest BCUT2D eigenvalue weighted by Crippen LogP contribution is -2.30. The summed E-state index contributed by atoms with van der Waals surface area (Å²) in [5.74, 6) is -1.11. The molecule has 1 atom stereocenters. The zero-order valence-electron chi connectivity index (χ0n) is 13.2. The van der Waals surface area contributed by atoms with E-state index >= 15 is 0 Å². The zero-order valence-corrected chi connectivity index (χ0v) is 13.2. The highest BCUT2D eigenvalue weighted by molar-refractivity contribution is 5.95. The number of aliphatic carboxylic acids is 1. The highest BCUT2D eigenvalue weighted by Crippen LogP contribution is 2.14. The van der Waals surface area contributed by atoms with Crippen LogP contribution in [0.1, 0.15) is 34.8 Å². The van der Waals surface area contributed by atoms with Crippen LogP contribution in [0, 0.1) is 5.92 Å². The first-order valence-electron chi connectivity index (χ1n) is 7.68. The van der Waals surface area contributed by atoms with E-state index in [1.54, 1.807) is 6.07 Å². The van der Waals surface area contributed by atoms with E-state index in [1.165, 1.54) is 0 Å². The van der Waals surface area contributed by atoms with Crippen molar-refractivity contribution in [3.63, 3.8) is 0 Å². The van der Waals surface area contributed by atoms with Crippen LogP contribution in [-0.2, 0) is 11.2 Å². The van der Waals surface area contributed by atoms with Crippen molar-refractivity contribution >= 4 is 11.9 Å². The first-order valence-corrected chi connectivity index (χ1v) is 7.68. The average Bonchev–Trinajstić information content (AvgIpc) is 2.53. The van der Waals surface area contributed by atoms with Crippen LogP contribution in [0.4, 0.5) is 0 Å². The number of nitrogens with one attached hydrogen (secondary N) is 1. The minimum atomic E-state index is -0.851. The molecule has 0 aromatic heterocycles. The van der Waals surface area contributed by atoms with Crippen LogP contribution in [0.2, 0.25) is 0 Å². The molecule has 23 heavy (non-hydrogen) atoms. The molecule has 0 saturated heterocycles. The number of hydrogen-bond acceptors (Lipinski definition) is 2. The summed E-state index contributed by atoms with van der Waals surface area (Å²) in [6.45, 7) is 2.16. The molecule has 2 rings (SSSR count). The summed E-state index contributed by atoms with van der Waals surface area (Å²) < 4.78 is 0. The summed E-state index contributed by atoms with van der Waals surface area (Å²) in [4.78, 5) is 23.1. The van der Waals surface area contributed by atoms with Crippen LogP contribution in [-0.4, -0.2) is 23.5 Å². The average molecular weight is 311 g/mol. The number of rotatable bonds is 7. The van der Waals surface area contributed by atoms with Crippen molar-refractivity contribution in [2.24, 2.45) is 5.92 Å². The Morgan fingerprint density at radius 3 is 2.39 bits per heavy atom. The first-order chi connectivity index (χ1) is 11.1. The standard InChI is InChI=1S/C19H21NO3/c1-14(11-18(21)22)13-20-19(23)17-10-6-5-9-16(17)12-15-7-3-2-4-8-15/h2-10,14H,11-13H2,1H3,(H,20,23)(H,21,22). The summed E-state index contributed by atoms with van der Waals surface area (Å²) >= 11 is 0. The number of hydrogen-bond donors (Lipinski definition) is 2. The summed E-state index contributed by atoms with van der Waals surface area (Å²) in [5.41, 5.74) is 2.74. The molecular formula is C19H21NO3. The molecule has 1 amide bonds. The van der Waals surface area contributed by atoms with Crippen molar-refractivity contribution in [2.75, 3.05) is 6.54 Å². The van der Waals surface area contributed by atoms with E-state index < -0.39 is 5.97 Å². The molecule has 2 N–H and O–H groups in total. The van der Waals surface area contributed by atoms with E-state index in [0.29, 0.717) is 18.5 Å². The Labute approximate surface area is 136 Å². The maximum absolute atomic E-state index is 12.4. The second-order valence-electron chi connectivity index (χ2n) is 5.73. The fraction of sp³-hybridized carbons (Fsp3) is 0.263. The molecule has 4 heteroatoms. The van der Waals surface area contributed by atoms with Crippen molar-refractivity contribution in [3.05, 3.63) is 71.3 Å². The molecule has 0 radical (unpaired) electrons. The minimum Gasteiger partial charge on any atom is -0.481 e. The van der Waals surface area contributed by atoms with E-state index in [2.05, 4.69) is 5.32 Å². The Kier molecular flexibility index (Phi) is 5.92. The van der Waals surface area contributed by atoms with Gasteiger partial charge in [0.15, 0.2) is 0 Å². The van der Waals surface area contributed by atoms with Crippen LogP contribution < -0.4 is 5.32 Å². The van der Waals surface area contributed by atoms with Crippen molar-refractivity contribution in [1.29, 1.82) is 0 Å². The fourth-order valence-corrected chi connectivity index (χ4v) is 2.44. The van der Waals surface area contributed by atoms with Gasteiger partial charge >= 0.3 is 5.97 Å². The van der Waals surface area contributed by atoms with Gasteiger partial charge in [-0.2, -0.15) is 0 Å². The Balaban J connectivity index is 2.04. The summed E-state index contributed by atoms with van der Waals surface area (Å²) in [6, 6.07) is 17.5. The van der Waals surface area contributed by atoms with Gasteiger partial charge in [0.2, 0.25) is 0 Å². The van der Waals surface area contributed by atoms with Gasteiger partial charge in [-0.25, -0.2) is 0 Å². The second kappa shape index (κ2) is 8.13. The number of carboxylic acid groups (broad SMARTS) is 1. The van der Waals surface area contributed by atoms with Gasteiger partial charge in [0.25, 0.3) is 5.91 Å². The predicted octanol–water partition coefficient (Wildman–Crippen LogP) is 3.12. The monoisotopic (exact) mass is 311 g/mol. The van der Waals surface area contributed by atoms with Gasteiger partial charge in [-0.3, -0.25) is 9.59 Å². The van der Waals surface area contributed by atoms with E-state index in [9.17, 15) is 9.59 Å². The molecule has 120 valence electrons. The molecule has 4 nitrogen and oxygen atoms in total. The number of carboxylic acids is 1. The normalized spacial score (nSPS) is 11.7. The van der Waals surface area contributed by atoms with Gasteiger partial charge in [0.1, 0.15) is 0 Å². The molecule has 0 spiro atoms. The molecule has 0 saturated carbocycles. The van der Waals surface area contributed by atoms with E-state index in [1.807, 2.05) is 55.5 Å². The Morgan fingerprint density at radius 2 is 1.70 bits per heavy atom. The van der Waals surface area contributed by atoms with E-state index in [0.717, 1.165) is 11.1 Å². The SMILES string of the molecule is CC(CNC(=O)c1ccccc1Cc1ccccc1)CC(=O)O. The van der Waals surface area contributed by atoms with E-state index in [-0.39, 0.29) is 18.2 Å². The Hall–Kier alpha value is -2.62. The predicted molar refractivity (Wildman–Crippen MR) is 89.4 cm³/mol. The number of carbonyl (C=O) groups excluding carboxylic acids is 1. The highest BCUT2D eigenvalue weighted by Gasteiger charge is 2.13. The number of benzene rings is 2. The van der Waals surface area contributed by atoms with Crippen molar-refractivity contribution in [1.82, 2.24) is 5.32 Å². The molecule has 0 aliphatic carbocycles. The van der Waals surface area contributed by atoms with Crippen LogP contribution in [0.3, 0.4) is 0 Å². The van der Waals surface area contributed by atoms with Gasteiger partial charge in [-0.05, 0) is 29.5 Å². The zero-order chi connectivity index (χ0) is 16.7. The van der Waals surface area contributed by atoms with Crippen molar-refractivity contribution in [3.8, 4) is 0 Å². The largest absolute Gasteiger partial charge is 0.481 e. The number of amides is 1. The van der Waals surface area contributed by atoms with Crippen molar-refractivity contribution < 1.29 is 14.7 Å². The quantitative estimate of drug-likeness (QED) is 0.825. The fourth-order valence-electron chi connectivity index (χ4n) is 2.44. The van der Waals surface area contributed by atoms with Crippen LogP contribution in [0.15, 0.2) is 54.6 Å². The third kappa shape index (κ3) is 5.25. The first kappa shape index (κ1) is 16.7. The molecule has 2 aromatic carbocycles. The lowest BCUT2D eigenvalue weighted by Gasteiger charge is -2.13. The summed E-state index contributed by atoms with van der Waals surface area (Å²) in [6.07, 6.45) is 0.737. The lowest BCUT2D eigenvalue weighted by atomic mass is 9.99. The highest BCUT2D eigenvalue weighted by atomic mass is 16.4. The molecule has 1 unspecified atom stereocenters. The van der Waals surface area contributed by atoms with Gasteiger partial charge in [-0.1, -0.05) is 55.5 Å². The molecule has 0 heterocycles. The van der Waals surface area contributed by atoms with Crippen molar-refractivity contribution in [2.45, 2.75) is 19.8 Å². The van der Waals surface area contributed by atoms with Gasteiger partial charge in [0.05, 0.1) is 0 Å². The third-order valence-electron chi connectivity index (χ3n) is 3.63. The number of carbonyl (C=O) groups is 2. The molecule has 0 bridgehead atoms. The van der Waals surface area contributed by atoms with Crippen LogP contribution in [0.25, 0.3) is 0 Å². The third-order valence-corrected chi connectivity index (χ3v) is 3.63. The van der Waals surface area contributed by atoms with Crippen LogP contribution >= 0.6 is 0 Å². The molecular weight excluding hydrogens is 290 g/mol. The molecule has 2 aromatic rings. The molecule has 0 aliphatic rings. The topological polar surface area (TPSA) is 66.4 Å². The van der Waals surface area contributed by atoms with Gasteiger partial charge < -0.3 is 10.4 Å². The molecule has 0 aliphatic heterocycles. The lowest BCUT2D eigenvalue weighted by molar-refractivity contribution is -0.137. The maximum Gasteiger partial charge on any atom is 0.303 e. The van der Waals surface area contributed by atoms with Gasteiger partial charge in [-0.15, -0.1) is 0 Å². The van der Waals surface area contributed by atoms with Gasteiger partial charge in [0, 0.05) is 18.5 Å². The Bertz CT molecular complexity index is 667. The summed E-state index contributed by atoms with van der Waals surface area (Å²) in [5, 5.41) is 11.6. The summed E-state index contributed by atoms with van der Waals surface area (Å²) in [7, 11) is 0. The smallest absolute Gasteiger partial charge is 0.303 e. The second-order valence-corrected chi connectivity index (χ2v) is 5.73. The van der Waals surface area contributed by atoms with Crippen LogP contribution in [0.5, 0.6) is 0 Å². The Morgan fingerprint density at radius 1 is 1.04 bits per heavy atom. The molecule has 0 fully saturated rings. The minimum absolute atomic E-state index is 0.0476. The van der Waals surface area contributed by atoms with E-state index in [4.69, 9.17) is 5.11 Å².